The topological polar surface area (TPSA) is 58.2 Å². The van der Waals surface area contributed by atoms with Gasteiger partial charge < -0.3 is 5.32 Å². The molecule has 0 amide bonds. The molecule has 2 N–H and O–H groups in total. The molecule has 0 aliphatic rings. The molecule has 0 saturated carbocycles. The second-order valence-corrected chi connectivity index (χ2v) is 5.52. The van der Waals surface area contributed by atoms with E-state index in [0.717, 1.165) is 25.1 Å². The first kappa shape index (κ1) is 15.0. The minimum atomic E-state index is -3.86. The lowest BCUT2D eigenvalue weighted by molar-refractivity contribution is 0.559. The molecule has 0 unspecified atom stereocenters. The van der Waals surface area contributed by atoms with Crippen molar-refractivity contribution in [1.82, 2.24) is 10.0 Å². The average molecular weight is 278 g/mol. The molecule has 0 fully saturated rings. The van der Waals surface area contributed by atoms with Crippen molar-refractivity contribution in [3.05, 3.63) is 29.8 Å². The maximum Gasteiger partial charge on any atom is 0.240 e. The number of hydrogen-bond acceptors (Lipinski definition) is 3. The zero-order valence-corrected chi connectivity index (χ0v) is 10.9. The molecule has 0 bridgehead atoms. The van der Waals surface area contributed by atoms with Crippen LogP contribution in [-0.4, -0.2) is 28.1 Å². The van der Waals surface area contributed by atoms with E-state index in [1.165, 1.54) is 0 Å². The molecule has 4 nitrogen and oxygen atoms in total. The van der Waals surface area contributed by atoms with Gasteiger partial charge in [-0.2, -0.15) is 0 Å². The molecule has 0 spiro atoms. The molecule has 0 saturated heterocycles. The lowest BCUT2D eigenvalue weighted by Gasteiger charge is -2.07. The number of sulfonamides is 1. The fraction of sp³-hybridized carbons (Fsp3) is 0.455. The Morgan fingerprint density at radius 2 is 1.67 bits per heavy atom. The lowest BCUT2D eigenvalue weighted by Crippen LogP contribution is -2.32. The summed E-state index contributed by atoms with van der Waals surface area (Å²) in [7, 11) is -3.86. The summed E-state index contributed by atoms with van der Waals surface area (Å²) < 4.78 is 51.5. The minimum Gasteiger partial charge on any atom is -0.315 e. The standard InChI is InChI=1S/C11H16F2N2O2S/c1-2-3-14-4-5-15-18(16,17)11-7-9(12)6-10(13)8-11/h6-8,14-15H,2-5H2,1H3. The molecule has 102 valence electrons. The van der Waals surface area contributed by atoms with Crippen molar-refractivity contribution in [1.29, 1.82) is 0 Å². The predicted molar refractivity (Wildman–Crippen MR) is 64.7 cm³/mol. The molecule has 1 rings (SSSR count). The zero-order valence-electron chi connectivity index (χ0n) is 10.0. The first-order valence-electron chi connectivity index (χ1n) is 5.62. The third kappa shape index (κ3) is 4.67. The number of benzene rings is 1. The molecule has 0 aromatic heterocycles. The molecular formula is C11H16F2N2O2S. The maximum atomic E-state index is 12.9. The van der Waals surface area contributed by atoms with Gasteiger partial charge in [0.15, 0.2) is 0 Å². The van der Waals surface area contributed by atoms with Crippen molar-refractivity contribution in [2.24, 2.45) is 0 Å². The van der Waals surface area contributed by atoms with Crippen LogP contribution in [0.2, 0.25) is 0 Å². The second kappa shape index (κ2) is 6.77. The molecule has 1 aromatic rings. The summed E-state index contributed by atoms with van der Waals surface area (Å²) in [5, 5.41) is 3.01. The van der Waals surface area contributed by atoms with E-state index in [1.54, 1.807) is 0 Å². The summed E-state index contributed by atoms with van der Waals surface area (Å²) >= 11 is 0. The molecule has 0 atom stereocenters. The maximum absolute atomic E-state index is 12.9. The van der Waals surface area contributed by atoms with Crippen molar-refractivity contribution in [3.8, 4) is 0 Å². The Morgan fingerprint density at radius 3 is 2.22 bits per heavy atom. The fourth-order valence-electron chi connectivity index (χ4n) is 1.34. The van der Waals surface area contributed by atoms with Gasteiger partial charge in [-0.1, -0.05) is 6.92 Å². The van der Waals surface area contributed by atoms with Crippen LogP contribution in [0.1, 0.15) is 13.3 Å². The van der Waals surface area contributed by atoms with Gasteiger partial charge in [0.25, 0.3) is 0 Å². The van der Waals surface area contributed by atoms with E-state index < -0.39 is 26.6 Å². The highest BCUT2D eigenvalue weighted by molar-refractivity contribution is 7.89. The van der Waals surface area contributed by atoms with E-state index in [-0.39, 0.29) is 6.54 Å². The van der Waals surface area contributed by atoms with Gasteiger partial charge in [-0.25, -0.2) is 21.9 Å². The first-order valence-corrected chi connectivity index (χ1v) is 7.10. The summed E-state index contributed by atoms with van der Waals surface area (Å²) in [6.45, 7) is 3.41. The molecule has 0 heterocycles. The van der Waals surface area contributed by atoms with Gasteiger partial charge >= 0.3 is 0 Å². The molecule has 0 radical (unpaired) electrons. The molecular weight excluding hydrogens is 262 g/mol. The predicted octanol–water partition coefficient (Wildman–Crippen LogP) is 1.24. The summed E-state index contributed by atoms with van der Waals surface area (Å²) in [5.74, 6) is -1.83. The number of rotatable bonds is 7. The lowest BCUT2D eigenvalue weighted by atomic mass is 10.3. The second-order valence-electron chi connectivity index (χ2n) is 3.75. The van der Waals surface area contributed by atoms with Crippen LogP contribution in [0.15, 0.2) is 23.1 Å². The van der Waals surface area contributed by atoms with Crippen LogP contribution in [-0.2, 0) is 10.0 Å². The Hall–Kier alpha value is -1.05. The van der Waals surface area contributed by atoms with Crippen molar-refractivity contribution in [2.75, 3.05) is 19.6 Å². The Bertz CT molecular complexity index is 472. The highest BCUT2D eigenvalue weighted by Crippen LogP contribution is 2.12. The van der Waals surface area contributed by atoms with Gasteiger partial charge in [-0.15, -0.1) is 0 Å². The van der Waals surface area contributed by atoms with Crippen molar-refractivity contribution < 1.29 is 17.2 Å². The SMILES string of the molecule is CCCNCCNS(=O)(=O)c1cc(F)cc(F)c1. The molecule has 1 aromatic carbocycles. The largest absolute Gasteiger partial charge is 0.315 e. The van der Waals surface area contributed by atoms with E-state index in [4.69, 9.17) is 0 Å². The quantitative estimate of drug-likeness (QED) is 0.738. The summed E-state index contributed by atoms with van der Waals surface area (Å²) in [6.07, 6.45) is 0.946. The molecule has 7 heteroatoms. The monoisotopic (exact) mass is 278 g/mol. The minimum absolute atomic E-state index is 0.167. The average Bonchev–Trinajstić information content (AvgIpc) is 2.27. The summed E-state index contributed by atoms with van der Waals surface area (Å²) in [6, 6.07) is 2.19. The van der Waals surface area contributed by atoms with E-state index in [2.05, 4.69) is 10.0 Å². The van der Waals surface area contributed by atoms with E-state index in [0.29, 0.717) is 12.6 Å². The molecule has 0 aliphatic carbocycles. The Morgan fingerprint density at radius 1 is 1.06 bits per heavy atom. The third-order valence-electron chi connectivity index (χ3n) is 2.17. The van der Waals surface area contributed by atoms with E-state index in [9.17, 15) is 17.2 Å². The highest BCUT2D eigenvalue weighted by Gasteiger charge is 2.15. The van der Waals surface area contributed by atoms with Gasteiger partial charge in [0, 0.05) is 19.2 Å². The highest BCUT2D eigenvalue weighted by atomic mass is 32.2. The van der Waals surface area contributed by atoms with Gasteiger partial charge in [-0.05, 0) is 25.1 Å². The van der Waals surface area contributed by atoms with Crippen LogP contribution in [0.4, 0.5) is 8.78 Å². The molecule has 18 heavy (non-hydrogen) atoms. The van der Waals surface area contributed by atoms with Crippen LogP contribution in [0.25, 0.3) is 0 Å². The third-order valence-corrected chi connectivity index (χ3v) is 3.61. The van der Waals surface area contributed by atoms with Gasteiger partial charge in [0.2, 0.25) is 10.0 Å². The van der Waals surface area contributed by atoms with E-state index in [1.807, 2.05) is 6.92 Å². The van der Waals surface area contributed by atoms with Crippen LogP contribution >= 0.6 is 0 Å². The van der Waals surface area contributed by atoms with Crippen molar-refractivity contribution in [2.45, 2.75) is 18.2 Å². The molecule has 0 aliphatic heterocycles. The van der Waals surface area contributed by atoms with Crippen molar-refractivity contribution in [3.63, 3.8) is 0 Å². The normalized spacial score (nSPS) is 11.7. The summed E-state index contributed by atoms with van der Waals surface area (Å²) in [4.78, 5) is -0.407. The Kier molecular flexibility index (Phi) is 5.64. The Labute approximate surface area is 105 Å². The smallest absolute Gasteiger partial charge is 0.240 e. The van der Waals surface area contributed by atoms with Crippen LogP contribution in [0.5, 0.6) is 0 Å². The number of hydrogen-bond donors (Lipinski definition) is 2. The number of nitrogens with one attached hydrogen (secondary N) is 2. The van der Waals surface area contributed by atoms with Crippen LogP contribution < -0.4 is 10.0 Å². The summed E-state index contributed by atoms with van der Waals surface area (Å²) in [5.41, 5.74) is 0. The van der Waals surface area contributed by atoms with Crippen LogP contribution in [0.3, 0.4) is 0 Å². The van der Waals surface area contributed by atoms with Crippen LogP contribution in [0, 0.1) is 11.6 Å². The van der Waals surface area contributed by atoms with Gasteiger partial charge in [-0.3, -0.25) is 0 Å². The van der Waals surface area contributed by atoms with Gasteiger partial charge in [0.1, 0.15) is 11.6 Å². The fourth-order valence-corrected chi connectivity index (χ4v) is 2.42. The Balaban J connectivity index is 2.63. The van der Waals surface area contributed by atoms with Gasteiger partial charge in [0.05, 0.1) is 4.90 Å². The zero-order chi connectivity index (χ0) is 13.6. The van der Waals surface area contributed by atoms with E-state index >= 15 is 0 Å². The number of halogens is 2. The first-order chi connectivity index (χ1) is 8.45. The van der Waals surface area contributed by atoms with Crippen molar-refractivity contribution >= 4 is 10.0 Å².